The van der Waals surface area contributed by atoms with Gasteiger partial charge in [-0.2, -0.15) is 0 Å². The molecule has 0 saturated heterocycles. The summed E-state index contributed by atoms with van der Waals surface area (Å²) in [4.78, 5) is 10.6. The van der Waals surface area contributed by atoms with Gasteiger partial charge in [0.1, 0.15) is 11.9 Å². The number of hydrogen-bond acceptors (Lipinski definition) is 3. The number of aliphatic hydroxyl groups excluding tert-OH is 2. The summed E-state index contributed by atoms with van der Waals surface area (Å²) in [6.45, 7) is 0. The lowest BCUT2D eigenvalue weighted by molar-refractivity contribution is -0.132. The summed E-state index contributed by atoms with van der Waals surface area (Å²) < 4.78 is 37.6. The van der Waals surface area contributed by atoms with Crippen LogP contribution in [0.5, 0.6) is 0 Å². The highest BCUT2D eigenvalue weighted by Crippen LogP contribution is 2.25. The molecule has 1 aromatic rings. The Morgan fingerprint density at radius 2 is 1.88 bits per heavy atom. The van der Waals surface area contributed by atoms with Gasteiger partial charge in [0.25, 0.3) is 6.43 Å². The zero-order valence-corrected chi connectivity index (χ0v) is 8.48. The number of hydrogen-bond donors (Lipinski definition) is 3. The van der Waals surface area contributed by atoms with E-state index in [1.54, 1.807) is 0 Å². The monoisotopic (exact) mass is 249 g/mol. The average Bonchev–Trinajstić information content (AvgIpc) is 2.26. The molecule has 1 rings (SSSR count). The molecule has 94 valence electrons. The number of aliphatic hydroxyl groups is 2. The molecule has 0 spiro atoms. The van der Waals surface area contributed by atoms with Crippen molar-refractivity contribution in [1.29, 1.82) is 0 Å². The third-order valence-corrected chi connectivity index (χ3v) is 2.19. The number of carbonyl (C=O) groups is 1. The van der Waals surface area contributed by atoms with Crippen LogP contribution in [0.4, 0.5) is 13.2 Å². The maximum atomic E-state index is 13.1. The molecule has 0 saturated carbocycles. The van der Waals surface area contributed by atoms with Crippen LogP contribution < -0.4 is 5.73 Å². The molecule has 2 unspecified atom stereocenters. The summed E-state index contributed by atoms with van der Waals surface area (Å²) >= 11 is 0. The van der Waals surface area contributed by atoms with E-state index in [0.717, 1.165) is 12.1 Å². The Balaban J connectivity index is 3.01. The number of nitrogens with two attached hydrogens (primary N) is 1. The van der Waals surface area contributed by atoms with Crippen molar-refractivity contribution in [2.75, 3.05) is 0 Å². The van der Waals surface area contributed by atoms with E-state index in [0.29, 0.717) is 6.07 Å². The average molecular weight is 249 g/mol. The minimum absolute atomic E-state index is 0.210. The summed E-state index contributed by atoms with van der Waals surface area (Å²) in [7, 11) is 0. The number of alkyl halides is 2. The molecule has 1 amide bonds. The fraction of sp³-hybridized carbons (Fsp3) is 0.300. The van der Waals surface area contributed by atoms with Crippen molar-refractivity contribution in [1.82, 2.24) is 0 Å². The SMILES string of the molecule is NC(=O)C(O)C(O)c1ccc(C(F)F)c(F)c1. The molecule has 0 aromatic heterocycles. The van der Waals surface area contributed by atoms with Crippen LogP contribution in [-0.4, -0.2) is 22.2 Å². The van der Waals surface area contributed by atoms with E-state index >= 15 is 0 Å². The van der Waals surface area contributed by atoms with E-state index in [-0.39, 0.29) is 5.56 Å². The van der Waals surface area contributed by atoms with Crippen molar-refractivity contribution in [3.05, 3.63) is 35.1 Å². The smallest absolute Gasteiger partial charge is 0.266 e. The van der Waals surface area contributed by atoms with Gasteiger partial charge in [0.15, 0.2) is 6.10 Å². The van der Waals surface area contributed by atoms with E-state index in [2.05, 4.69) is 0 Å². The standard InChI is InChI=1S/C10H10F3NO3/c11-6-3-4(1-2-5(6)9(12)13)7(15)8(16)10(14)17/h1-3,7-9,15-16H,(H2,14,17). The maximum Gasteiger partial charge on any atom is 0.266 e. The zero-order valence-electron chi connectivity index (χ0n) is 8.48. The molecule has 0 heterocycles. The summed E-state index contributed by atoms with van der Waals surface area (Å²) in [6, 6.07) is 2.38. The van der Waals surface area contributed by atoms with E-state index < -0.39 is 35.9 Å². The third kappa shape index (κ3) is 2.95. The van der Waals surface area contributed by atoms with E-state index in [9.17, 15) is 23.1 Å². The van der Waals surface area contributed by atoms with Crippen molar-refractivity contribution in [3.63, 3.8) is 0 Å². The molecular weight excluding hydrogens is 239 g/mol. The molecule has 1 aromatic carbocycles. The van der Waals surface area contributed by atoms with Crippen molar-refractivity contribution >= 4 is 5.91 Å². The lowest BCUT2D eigenvalue weighted by Gasteiger charge is -2.15. The van der Waals surface area contributed by atoms with Crippen LogP contribution in [0.15, 0.2) is 18.2 Å². The topological polar surface area (TPSA) is 83.6 Å². The quantitative estimate of drug-likeness (QED) is 0.732. The van der Waals surface area contributed by atoms with Crippen molar-refractivity contribution in [2.24, 2.45) is 5.73 Å². The first-order valence-electron chi connectivity index (χ1n) is 4.57. The van der Waals surface area contributed by atoms with Crippen molar-refractivity contribution < 1.29 is 28.2 Å². The van der Waals surface area contributed by atoms with Crippen LogP contribution in [0, 0.1) is 5.82 Å². The molecule has 0 radical (unpaired) electrons. The normalized spacial score (nSPS) is 14.7. The van der Waals surface area contributed by atoms with Crippen molar-refractivity contribution in [3.8, 4) is 0 Å². The lowest BCUT2D eigenvalue weighted by atomic mass is 10.0. The van der Waals surface area contributed by atoms with Crippen LogP contribution in [0.25, 0.3) is 0 Å². The molecule has 0 fully saturated rings. The number of amides is 1. The molecule has 0 aliphatic rings. The Morgan fingerprint density at radius 3 is 2.29 bits per heavy atom. The van der Waals surface area contributed by atoms with Gasteiger partial charge in [-0.3, -0.25) is 4.79 Å². The number of rotatable bonds is 4. The predicted molar refractivity (Wildman–Crippen MR) is 51.5 cm³/mol. The summed E-state index contributed by atoms with van der Waals surface area (Å²) in [5.41, 5.74) is 3.69. The van der Waals surface area contributed by atoms with Gasteiger partial charge in [-0.25, -0.2) is 13.2 Å². The highest BCUT2D eigenvalue weighted by Gasteiger charge is 2.25. The molecular formula is C10H10F3NO3. The van der Waals surface area contributed by atoms with Crippen LogP contribution >= 0.6 is 0 Å². The number of primary amides is 1. The summed E-state index contributed by atoms with van der Waals surface area (Å²) in [6.07, 6.45) is -6.66. The first-order valence-corrected chi connectivity index (χ1v) is 4.57. The molecule has 0 aliphatic heterocycles. The first-order chi connectivity index (χ1) is 7.84. The van der Waals surface area contributed by atoms with Gasteiger partial charge in [-0.05, 0) is 11.6 Å². The fourth-order valence-corrected chi connectivity index (χ4v) is 1.24. The second-order valence-corrected chi connectivity index (χ2v) is 3.37. The molecule has 4 nitrogen and oxygen atoms in total. The maximum absolute atomic E-state index is 13.1. The van der Waals surface area contributed by atoms with Gasteiger partial charge in [-0.1, -0.05) is 12.1 Å². The second kappa shape index (κ2) is 5.15. The third-order valence-electron chi connectivity index (χ3n) is 2.19. The number of carbonyl (C=O) groups excluding carboxylic acids is 1. The van der Waals surface area contributed by atoms with Crippen LogP contribution in [0.2, 0.25) is 0 Å². The molecule has 17 heavy (non-hydrogen) atoms. The minimum atomic E-state index is -2.98. The molecule has 0 bridgehead atoms. The number of benzene rings is 1. The fourth-order valence-electron chi connectivity index (χ4n) is 1.24. The first kappa shape index (κ1) is 13.5. The van der Waals surface area contributed by atoms with Gasteiger partial charge in [-0.15, -0.1) is 0 Å². The molecule has 4 N–H and O–H groups in total. The Morgan fingerprint density at radius 1 is 1.29 bits per heavy atom. The zero-order chi connectivity index (χ0) is 13.2. The van der Waals surface area contributed by atoms with E-state index in [1.807, 2.05) is 0 Å². The Kier molecular flexibility index (Phi) is 4.08. The van der Waals surface area contributed by atoms with Crippen LogP contribution in [0.3, 0.4) is 0 Å². The largest absolute Gasteiger partial charge is 0.385 e. The Hall–Kier alpha value is -1.60. The highest BCUT2D eigenvalue weighted by atomic mass is 19.3. The minimum Gasteiger partial charge on any atom is -0.385 e. The van der Waals surface area contributed by atoms with Crippen LogP contribution in [0.1, 0.15) is 23.7 Å². The van der Waals surface area contributed by atoms with E-state index in [4.69, 9.17) is 10.8 Å². The second-order valence-electron chi connectivity index (χ2n) is 3.37. The molecule has 7 heteroatoms. The number of halogens is 3. The summed E-state index contributed by atoms with van der Waals surface area (Å²) in [5.74, 6) is -2.43. The lowest BCUT2D eigenvalue weighted by Crippen LogP contribution is -2.33. The Labute approximate surface area is 94.5 Å². The van der Waals surface area contributed by atoms with Crippen LogP contribution in [-0.2, 0) is 4.79 Å². The highest BCUT2D eigenvalue weighted by molar-refractivity contribution is 5.79. The van der Waals surface area contributed by atoms with Gasteiger partial charge in [0.05, 0.1) is 5.56 Å². The van der Waals surface area contributed by atoms with E-state index in [1.165, 1.54) is 0 Å². The van der Waals surface area contributed by atoms with Gasteiger partial charge < -0.3 is 15.9 Å². The summed E-state index contributed by atoms with van der Waals surface area (Å²) in [5, 5.41) is 18.5. The van der Waals surface area contributed by atoms with Gasteiger partial charge >= 0.3 is 0 Å². The van der Waals surface area contributed by atoms with Gasteiger partial charge in [0, 0.05) is 0 Å². The van der Waals surface area contributed by atoms with Gasteiger partial charge in [0.2, 0.25) is 5.91 Å². The Bertz CT molecular complexity index is 425. The van der Waals surface area contributed by atoms with Crippen molar-refractivity contribution in [2.45, 2.75) is 18.6 Å². The molecule has 0 aliphatic carbocycles. The predicted octanol–water partition coefficient (Wildman–Crippen LogP) is 0.643. The molecule has 2 atom stereocenters.